The number of phenolic OH excluding ortho intramolecular Hbond substituents is 1. The predicted molar refractivity (Wildman–Crippen MR) is 86.4 cm³/mol. The molecule has 21 heavy (non-hydrogen) atoms. The van der Waals surface area contributed by atoms with Gasteiger partial charge in [-0.2, -0.15) is 0 Å². The van der Waals surface area contributed by atoms with Gasteiger partial charge in [-0.15, -0.1) is 0 Å². The van der Waals surface area contributed by atoms with Crippen LogP contribution in [0.5, 0.6) is 5.75 Å². The number of rotatable bonds is 4. The van der Waals surface area contributed by atoms with E-state index in [4.69, 9.17) is 4.84 Å². The summed E-state index contributed by atoms with van der Waals surface area (Å²) in [6.07, 6.45) is 0. The lowest BCUT2D eigenvalue weighted by Crippen LogP contribution is -2.16. The Morgan fingerprint density at radius 3 is 2.38 bits per heavy atom. The molecule has 0 saturated heterocycles. The molecular weight excluding hydrogens is 262 g/mol. The van der Waals surface area contributed by atoms with Crippen LogP contribution < -0.4 is 5.48 Å². The Hall–Kier alpha value is -2.00. The molecule has 0 aliphatic carbocycles. The fraction of sp³-hybridized carbons (Fsp3) is 0.333. The van der Waals surface area contributed by atoms with Crippen LogP contribution in [0.2, 0.25) is 0 Å². The van der Waals surface area contributed by atoms with Gasteiger partial charge < -0.3 is 5.11 Å². The Bertz CT molecular complexity index is 601. The molecule has 0 amide bonds. The van der Waals surface area contributed by atoms with E-state index >= 15 is 0 Å². The van der Waals surface area contributed by atoms with Crippen LogP contribution in [0, 0.1) is 6.92 Å². The summed E-state index contributed by atoms with van der Waals surface area (Å²) < 4.78 is 0. The van der Waals surface area contributed by atoms with Crippen LogP contribution in [0.25, 0.3) is 0 Å². The Morgan fingerprint density at radius 2 is 1.76 bits per heavy atom. The van der Waals surface area contributed by atoms with Crippen LogP contribution in [0.15, 0.2) is 42.5 Å². The largest absolute Gasteiger partial charge is 0.508 e. The van der Waals surface area contributed by atoms with E-state index in [2.05, 4.69) is 26.3 Å². The van der Waals surface area contributed by atoms with Gasteiger partial charge >= 0.3 is 0 Å². The first-order chi connectivity index (χ1) is 9.88. The average Bonchev–Trinajstić information content (AvgIpc) is 2.42. The first kappa shape index (κ1) is 15.4. The van der Waals surface area contributed by atoms with Crippen molar-refractivity contribution in [3.63, 3.8) is 0 Å². The molecule has 2 N–H and O–H groups in total. The Kier molecular flexibility index (Phi) is 4.53. The SMILES string of the molecule is Cc1cc(C(C)(C)C)c(CONc2ccccc2)cc1O. The molecule has 0 aliphatic heterocycles. The maximum atomic E-state index is 9.93. The lowest BCUT2D eigenvalue weighted by molar-refractivity contribution is 0.178. The van der Waals surface area contributed by atoms with E-state index in [0.717, 1.165) is 16.8 Å². The van der Waals surface area contributed by atoms with Crippen LogP contribution in [-0.4, -0.2) is 5.11 Å². The van der Waals surface area contributed by atoms with Gasteiger partial charge in [0.2, 0.25) is 0 Å². The third kappa shape index (κ3) is 3.99. The lowest BCUT2D eigenvalue weighted by atomic mass is 9.83. The van der Waals surface area contributed by atoms with Crippen LogP contribution >= 0.6 is 0 Å². The van der Waals surface area contributed by atoms with Crippen LogP contribution in [-0.2, 0) is 16.9 Å². The van der Waals surface area contributed by atoms with Gasteiger partial charge in [-0.05, 0) is 47.2 Å². The maximum absolute atomic E-state index is 9.93. The van der Waals surface area contributed by atoms with Crippen molar-refractivity contribution in [2.75, 3.05) is 5.48 Å². The zero-order valence-corrected chi connectivity index (χ0v) is 13.1. The van der Waals surface area contributed by atoms with Gasteiger partial charge in [-0.3, -0.25) is 10.3 Å². The topological polar surface area (TPSA) is 41.5 Å². The van der Waals surface area contributed by atoms with Crippen LogP contribution in [0.4, 0.5) is 5.69 Å². The molecule has 112 valence electrons. The van der Waals surface area contributed by atoms with Gasteiger partial charge in [0.25, 0.3) is 0 Å². The molecule has 0 unspecified atom stereocenters. The highest BCUT2D eigenvalue weighted by Gasteiger charge is 2.19. The van der Waals surface area contributed by atoms with Crippen LogP contribution in [0.3, 0.4) is 0 Å². The Balaban J connectivity index is 2.14. The summed E-state index contributed by atoms with van der Waals surface area (Å²) in [5.41, 5.74) is 6.91. The number of hydrogen-bond acceptors (Lipinski definition) is 3. The first-order valence-electron chi connectivity index (χ1n) is 7.14. The molecule has 0 heterocycles. The van der Waals surface area contributed by atoms with Crippen molar-refractivity contribution in [2.45, 2.75) is 39.7 Å². The smallest absolute Gasteiger partial charge is 0.118 e. The molecule has 0 radical (unpaired) electrons. The Labute approximate surface area is 126 Å². The van der Waals surface area contributed by atoms with Gasteiger partial charge in [0.1, 0.15) is 12.4 Å². The third-order valence-corrected chi connectivity index (χ3v) is 3.42. The van der Waals surface area contributed by atoms with Gasteiger partial charge in [0.15, 0.2) is 0 Å². The number of hydrogen-bond donors (Lipinski definition) is 2. The zero-order chi connectivity index (χ0) is 15.5. The standard InChI is InChI=1S/C18H23NO2/c1-13-10-16(18(2,3)4)14(11-17(13)20)12-21-19-15-8-6-5-7-9-15/h5-11,19-20H,12H2,1-4H3. The molecule has 3 nitrogen and oxygen atoms in total. The van der Waals surface area contributed by atoms with Crippen molar-refractivity contribution < 1.29 is 9.94 Å². The number of phenols is 1. The summed E-state index contributed by atoms with van der Waals surface area (Å²) in [5.74, 6) is 0.307. The zero-order valence-electron chi connectivity index (χ0n) is 13.1. The predicted octanol–water partition coefficient (Wildman–Crippen LogP) is 4.54. The molecular formula is C18H23NO2. The number of para-hydroxylation sites is 1. The molecule has 0 aliphatic rings. The van der Waals surface area contributed by atoms with E-state index in [1.165, 1.54) is 5.56 Å². The van der Waals surface area contributed by atoms with Crippen molar-refractivity contribution >= 4 is 5.69 Å². The quantitative estimate of drug-likeness (QED) is 0.810. The summed E-state index contributed by atoms with van der Waals surface area (Å²) in [4.78, 5) is 5.58. The number of aryl methyl sites for hydroxylation is 1. The number of nitrogens with one attached hydrogen (secondary N) is 1. The second-order valence-corrected chi connectivity index (χ2v) is 6.30. The summed E-state index contributed by atoms with van der Waals surface area (Å²) in [6, 6.07) is 13.6. The number of anilines is 1. The second-order valence-electron chi connectivity index (χ2n) is 6.30. The summed E-state index contributed by atoms with van der Waals surface area (Å²) in [7, 11) is 0. The molecule has 0 fully saturated rings. The van der Waals surface area contributed by atoms with Gasteiger partial charge in [-0.1, -0.05) is 45.0 Å². The first-order valence-corrected chi connectivity index (χ1v) is 7.14. The van der Waals surface area contributed by atoms with E-state index in [9.17, 15) is 5.11 Å². The van der Waals surface area contributed by atoms with Crippen LogP contribution in [0.1, 0.15) is 37.5 Å². The summed E-state index contributed by atoms with van der Waals surface area (Å²) in [6.45, 7) is 8.79. The molecule has 2 aromatic rings. The summed E-state index contributed by atoms with van der Waals surface area (Å²) in [5, 5.41) is 9.93. The number of benzene rings is 2. The highest BCUT2D eigenvalue weighted by molar-refractivity contribution is 5.44. The lowest BCUT2D eigenvalue weighted by Gasteiger charge is -2.24. The van der Waals surface area contributed by atoms with Crippen molar-refractivity contribution in [3.8, 4) is 5.75 Å². The van der Waals surface area contributed by atoms with Crippen molar-refractivity contribution in [2.24, 2.45) is 0 Å². The molecule has 0 aromatic heterocycles. The van der Waals surface area contributed by atoms with Gasteiger partial charge in [0.05, 0.1) is 5.69 Å². The molecule has 0 atom stereocenters. The summed E-state index contributed by atoms with van der Waals surface area (Å²) >= 11 is 0. The van der Waals surface area contributed by atoms with E-state index in [1.54, 1.807) is 6.07 Å². The van der Waals surface area contributed by atoms with Crippen molar-refractivity contribution in [1.29, 1.82) is 0 Å². The molecule has 2 aromatic carbocycles. The van der Waals surface area contributed by atoms with Gasteiger partial charge in [-0.25, -0.2) is 0 Å². The van der Waals surface area contributed by atoms with Gasteiger partial charge in [0, 0.05) is 0 Å². The normalized spacial score (nSPS) is 11.4. The third-order valence-electron chi connectivity index (χ3n) is 3.42. The minimum Gasteiger partial charge on any atom is -0.508 e. The van der Waals surface area contributed by atoms with Crippen molar-refractivity contribution in [3.05, 3.63) is 59.2 Å². The Morgan fingerprint density at radius 1 is 1.10 bits per heavy atom. The maximum Gasteiger partial charge on any atom is 0.118 e. The number of aromatic hydroxyl groups is 1. The minimum absolute atomic E-state index is 0.00387. The molecule has 0 saturated carbocycles. The van der Waals surface area contributed by atoms with Crippen molar-refractivity contribution in [1.82, 2.24) is 0 Å². The second kappa shape index (κ2) is 6.19. The monoisotopic (exact) mass is 285 g/mol. The molecule has 0 spiro atoms. The van der Waals surface area contributed by atoms with E-state index < -0.39 is 0 Å². The fourth-order valence-electron chi connectivity index (χ4n) is 2.26. The minimum atomic E-state index is 0.00387. The average molecular weight is 285 g/mol. The van der Waals surface area contributed by atoms with E-state index in [1.807, 2.05) is 43.3 Å². The van der Waals surface area contributed by atoms with E-state index in [0.29, 0.717) is 12.4 Å². The molecule has 0 bridgehead atoms. The fourth-order valence-corrected chi connectivity index (χ4v) is 2.26. The van der Waals surface area contributed by atoms with E-state index in [-0.39, 0.29) is 5.41 Å². The highest BCUT2D eigenvalue weighted by Crippen LogP contribution is 2.31. The molecule has 2 rings (SSSR count). The molecule has 3 heteroatoms. The highest BCUT2D eigenvalue weighted by atomic mass is 16.6.